The van der Waals surface area contributed by atoms with E-state index in [1.807, 2.05) is 0 Å². The molecule has 0 radical (unpaired) electrons. The highest BCUT2D eigenvalue weighted by Gasteiger charge is 2.22. The highest BCUT2D eigenvalue weighted by Crippen LogP contribution is 2.25. The number of rotatable bonds is 6. The Labute approximate surface area is 126 Å². The van der Waals surface area contributed by atoms with Crippen molar-refractivity contribution in [1.29, 1.82) is 0 Å². The van der Waals surface area contributed by atoms with Crippen LogP contribution in [0.5, 0.6) is 0 Å². The second kappa shape index (κ2) is 7.21. The summed E-state index contributed by atoms with van der Waals surface area (Å²) in [6.45, 7) is 0.273. The summed E-state index contributed by atoms with van der Waals surface area (Å²) in [7, 11) is 0. The summed E-state index contributed by atoms with van der Waals surface area (Å²) in [6, 6.07) is 1.45. The minimum Gasteiger partial charge on any atom is -0.478 e. The van der Waals surface area contributed by atoms with Crippen molar-refractivity contribution >= 4 is 34.1 Å². The Hall–Kier alpha value is -1.89. The molecule has 21 heavy (non-hydrogen) atoms. The average molecular weight is 310 g/mol. The predicted molar refractivity (Wildman–Crippen MR) is 79.5 cm³/mol. The van der Waals surface area contributed by atoms with Crippen LogP contribution in [0.1, 0.15) is 42.5 Å². The summed E-state index contributed by atoms with van der Waals surface area (Å²) in [5.41, 5.74) is 0.0864. The van der Waals surface area contributed by atoms with E-state index in [1.165, 1.54) is 17.4 Å². The number of carboxylic acids is 1. The summed E-state index contributed by atoms with van der Waals surface area (Å²) in [6.07, 6.45) is 4.17. The van der Waals surface area contributed by atoms with Gasteiger partial charge in [-0.05, 0) is 24.3 Å². The van der Waals surface area contributed by atoms with E-state index in [-0.39, 0.29) is 36.3 Å². The molecular formula is C14H18N2O4S. The highest BCUT2D eigenvalue weighted by molar-refractivity contribution is 7.14. The fourth-order valence-electron chi connectivity index (χ4n) is 2.40. The monoisotopic (exact) mass is 310 g/mol. The molecule has 0 aliphatic heterocycles. The third-order valence-corrected chi connectivity index (χ3v) is 4.36. The predicted octanol–water partition coefficient (Wildman–Crippen LogP) is 2.08. The van der Waals surface area contributed by atoms with Crippen molar-refractivity contribution in [3.63, 3.8) is 0 Å². The molecule has 0 atom stereocenters. The van der Waals surface area contributed by atoms with Gasteiger partial charge in [0.2, 0.25) is 11.8 Å². The number of anilines is 1. The van der Waals surface area contributed by atoms with Gasteiger partial charge in [-0.1, -0.05) is 12.8 Å². The maximum atomic E-state index is 11.8. The lowest BCUT2D eigenvalue weighted by Gasteiger charge is -2.10. The highest BCUT2D eigenvalue weighted by atomic mass is 32.1. The fraction of sp³-hybridized carbons (Fsp3) is 0.500. The molecule has 1 fully saturated rings. The first kappa shape index (κ1) is 15.5. The SMILES string of the molecule is O=C(CCNC(=O)C1CCCC1)Nc1sccc1C(=O)O. The van der Waals surface area contributed by atoms with Crippen molar-refractivity contribution < 1.29 is 19.5 Å². The number of carbonyl (C=O) groups excluding carboxylic acids is 2. The van der Waals surface area contributed by atoms with Crippen molar-refractivity contribution in [2.45, 2.75) is 32.1 Å². The van der Waals surface area contributed by atoms with Gasteiger partial charge >= 0.3 is 5.97 Å². The lowest BCUT2D eigenvalue weighted by atomic mass is 10.1. The van der Waals surface area contributed by atoms with Gasteiger partial charge in [-0.25, -0.2) is 4.79 Å². The summed E-state index contributed by atoms with van der Waals surface area (Å²) in [4.78, 5) is 34.4. The third-order valence-electron chi connectivity index (χ3n) is 3.53. The van der Waals surface area contributed by atoms with E-state index in [2.05, 4.69) is 10.6 Å². The minimum atomic E-state index is -1.07. The number of hydrogen-bond acceptors (Lipinski definition) is 4. The van der Waals surface area contributed by atoms with Crippen LogP contribution in [0.15, 0.2) is 11.4 Å². The summed E-state index contributed by atoms with van der Waals surface area (Å²) in [5, 5.41) is 16.2. The third kappa shape index (κ3) is 4.29. The van der Waals surface area contributed by atoms with Gasteiger partial charge in [0, 0.05) is 18.9 Å². The van der Waals surface area contributed by atoms with Crippen molar-refractivity contribution in [2.24, 2.45) is 5.92 Å². The van der Waals surface area contributed by atoms with Crippen LogP contribution in [-0.2, 0) is 9.59 Å². The molecule has 1 aromatic rings. The van der Waals surface area contributed by atoms with Gasteiger partial charge in [0.1, 0.15) is 5.00 Å². The molecule has 114 valence electrons. The van der Waals surface area contributed by atoms with Crippen LogP contribution < -0.4 is 10.6 Å². The minimum absolute atomic E-state index is 0.0163. The first-order chi connectivity index (χ1) is 10.1. The Morgan fingerprint density at radius 1 is 1.29 bits per heavy atom. The molecular weight excluding hydrogens is 292 g/mol. The zero-order chi connectivity index (χ0) is 15.2. The van der Waals surface area contributed by atoms with E-state index in [1.54, 1.807) is 5.38 Å². The maximum absolute atomic E-state index is 11.8. The van der Waals surface area contributed by atoms with Gasteiger partial charge in [0.15, 0.2) is 0 Å². The molecule has 3 N–H and O–H groups in total. The van der Waals surface area contributed by atoms with Crippen LogP contribution >= 0.6 is 11.3 Å². The summed E-state index contributed by atoms with van der Waals surface area (Å²) >= 11 is 1.17. The van der Waals surface area contributed by atoms with Crippen molar-refractivity contribution in [3.8, 4) is 0 Å². The Morgan fingerprint density at radius 3 is 2.67 bits per heavy atom. The molecule has 0 bridgehead atoms. The van der Waals surface area contributed by atoms with Gasteiger partial charge in [-0.15, -0.1) is 11.3 Å². The lowest BCUT2D eigenvalue weighted by Crippen LogP contribution is -2.32. The zero-order valence-electron chi connectivity index (χ0n) is 11.6. The molecule has 2 amide bonds. The molecule has 6 nitrogen and oxygen atoms in total. The van der Waals surface area contributed by atoms with Crippen LogP contribution in [0.2, 0.25) is 0 Å². The van der Waals surface area contributed by atoms with Crippen LogP contribution in [0, 0.1) is 5.92 Å². The molecule has 1 heterocycles. The van der Waals surface area contributed by atoms with E-state index in [0.717, 1.165) is 25.7 Å². The van der Waals surface area contributed by atoms with Gasteiger partial charge < -0.3 is 15.7 Å². The molecule has 0 saturated heterocycles. The van der Waals surface area contributed by atoms with E-state index in [0.29, 0.717) is 5.00 Å². The lowest BCUT2D eigenvalue weighted by molar-refractivity contribution is -0.124. The van der Waals surface area contributed by atoms with Crippen molar-refractivity contribution in [3.05, 3.63) is 17.0 Å². The largest absolute Gasteiger partial charge is 0.478 e. The van der Waals surface area contributed by atoms with Gasteiger partial charge in [-0.2, -0.15) is 0 Å². The molecule has 1 aliphatic carbocycles. The van der Waals surface area contributed by atoms with Crippen molar-refractivity contribution in [2.75, 3.05) is 11.9 Å². The smallest absolute Gasteiger partial charge is 0.338 e. The molecule has 1 aromatic heterocycles. The van der Waals surface area contributed by atoms with Crippen LogP contribution in [0.4, 0.5) is 5.00 Å². The summed E-state index contributed by atoms with van der Waals surface area (Å²) in [5.74, 6) is -1.26. The molecule has 2 rings (SSSR count). The number of nitrogens with one attached hydrogen (secondary N) is 2. The van der Waals surface area contributed by atoms with Crippen LogP contribution in [-0.4, -0.2) is 29.4 Å². The molecule has 0 spiro atoms. The van der Waals surface area contributed by atoms with E-state index >= 15 is 0 Å². The molecule has 1 aliphatic rings. The van der Waals surface area contributed by atoms with Gasteiger partial charge in [0.25, 0.3) is 0 Å². The normalized spacial score (nSPS) is 14.9. The van der Waals surface area contributed by atoms with E-state index < -0.39 is 5.97 Å². The summed E-state index contributed by atoms with van der Waals surface area (Å²) < 4.78 is 0. The Morgan fingerprint density at radius 2 is 2.00 bits per heavy atom. The number of carbonyl (C=O) groups is 3. The number of aromatic carboxylic acids is 1. The fourth-order valence-corrected chi connectivity index (χ4v) is 3.19. The molecule has 0 unspecified atom stereocenters. The zero-order valence-corrected chi connectivity index (χ0v) is 12.4. The topological polar surface area (TPSA) is 95.5 Å². The molecule has 7 heteroatoms. The molecule has 0 aromatic carbocycles. The number of carboxylic acid groups (broad SMARTS) is 1. The second-order valence-electron chi connectivity index (χ2n) is 5.04. The Kier molecular flexibility index (Phi) is 5.32. The quantitative estimate of drug-likeness (QED) is 0.749. The molecule has 1 saturated carbocycles. The van der Waals surface area contributed by atoms with Crippen LogP contribution in [0.3, 0.4) is 0 Å². The first-order valence-electron chi connectivity index (χ1n) is 6.96. The average Bonchev–Trinajstić information content (AvgIpc) is 3.09. The standard InChI is InChI=1S/C14H18N2O4S/c17-11(16-13-10(14(19)20)6-8-21-13)5-7-15-12(18)9-3-1-2-4-9/h6,8-9H,1-5,7H2,(H,15,18)(H,16,17)(H,19,20). The van der Waals surface area contributed by atoms with Crippen LogP contribution in [0.25, 0.3) is 0 Å². The van der Waals surface area contributed by atoms with E-state index in [4.69, 9.17) is 5.11 Å². The number of hydrogen-bond donors (Lipinski definition) is 3. The van der Waals surface area contributed by atoms with Gasteiger partial charge in [0.05, 0.1) is 5.56 Å². The Bertz CT molecular complexity index is 535. The second-order valence-corrected chi connectivity index (χ2v) is 5.96. The van der Waals surface area contributed by atoms with E-state index in [9.17, 15) is 14.4 Å². The van der Waals surface area contributed by atoms with Gasteiger partial charge in [-0.3, -0.25) is 9.59 Å². The number of amides is 2. The Balaban J connectivity index is 1.73. The number of thiophene rings is 1. The maximum Gasteiger partial charge on any atom is 0.338 e. The first-order valence-corrected chi connectivity index (χ1v) is 7.84. The van der Waals surface area contributed by atoms with Crippen molar-refractivity contribution in [1.82, 2.24) is 5.32 Å².